The van der Waals surface area contributed by atoms with Crippen LogP contribution in [0.15, 0.2) is 12.4 Å². The molecule has 1 aromatic heterocycles. The van der Waals surface area contributed by atoms with Gasteiger partial charge in [0.1, 0.15) is 5.82 Å². The Bertz CT molecular complexity index is 361. The standard InChI is InChI=1S/C12H22N4.ClH/c1-12(2)9-16(6-4-10(12)13)8-11-14-5-7-15(11)3;/h5,7,10H,4,6,8-9,13H2,1-3H3;1H. The monoisotopic (exact) mass is 258 g/mol. The van der Waals surface area contributed by atoms with E-state index in [2.05, 4.69) is 28.3 Å². The largest absolute Gasteiger partial charge is 0.337 e. The Kier molecular flexibility index (Phi) is 4.58. The van der Waals surface area contributed by atoms with Crippen LogP contribution in [0, 0.1) is 5.41 Å². The average Bonchev–Trinajstić information content (AvgIpc) is 2.58. The Balaban J connectivity index is 0.00000144. The molecule has 1 aliphatic rings. The second-order valence-corrected chi connectivity index (χ2v) is 5.55. The van der Waals surface area contributed by atoms with E-state index in [-0.39, 0.29) is 17.8 Å². The van der Waals surface area contributed by atoms with Crippen LogP contribution in [0.25, 0.3) is 0 Å². The first kappa shape index (κ1) is 14.5. The molecule has 0 aromatic carbocycles. The molecule has 2 rings (SSSR count). The first-order valence-electron chi connectivity index (χ1n) is 5.93. The Morgan fingerprint density at radius 3 is 2.76 bits per heavy atom. The molecule has 0 aliphatic carbocycles. The average molecular weight is 259 g/mol. The summed E-state index contributed by atoms with van der Waals surface area (Å²) >= 11 is 0. The van der Waals surface area contributed by atoms with Crippen molar-refractivity contribution in [3.8, 4) is 0 Å². The maximum absolute atomic E-state index is 6.13. The molecule has 17 heavy (non-hydrogen) atoms. The van der Waals surface area contributed by atoms with Gasteiger partial charge >= 0.3 is 0 Å². The maximum atomic E-state index is 6.13. The molecule has 1 atom stereocenters. The summed E-state index contributed by atoms with van der Waals surface area (Å²) in [7, 11) is 2.04. The molecule has 1 unspecified atom stereocenters. The quantitative estimate of drug-likeness (QED) is 0.872. The van der Waals surface area contributed by atoms with Crippen molar-refractivity contribution in [1.82, 2.24) is 14.5 Å². The smallest absolute Gasteiger partial charge is 0.122 e. The van der Waals surface area contributed by atoms with Gasteiger partial charge in [0, 0.05) is 38.6 Å². The minimum Gasteiger partial charge on any atom is -0.337 e. The topological polar surface area (TPSA) is 47.1 Å². The van der Waals surface area contributed by atoms with Gasteiger partial charge in [0.2, 0.25) is 0 Å². The Morgan fingerprint density at radius 1 is 1.53 bits per heavy atom. The molecule has 98 valence electrons. The Hall–Kier alpha value is -0.580. The van der Waals surface area contributed by atoms with Crippen molar-refractivity contribution < 1.29 is 0 Å². The fraction of sp³-hybridized carbons (Fsp3) is 0.750. The van der Waals surface area contributed by atoms with E-state index in [1.807, 2.05) is 19.4 Å². The van der Waals surface area contributed by atoms with Gasteiger partial charge in [-0.3, -0.25) is 4.90 Å². The van der Waals surface area contributed by atoms with Crippen molar-refractivity contribution in [2.75, 3.05) is 13.1 Å². The predicted octanol–water partition coefficient (Wildman–Crippen LogP) is 1.40. The van der Waals surface area contributed by atoms with Crippen LogP contribution in [-0.4, -0.2) is 33.6 Å². The highest BCUT2D eigenvalue weighted by atomic mass is 35.5. The molecule has 0 amide bonds. The number of piperidine rings is 1. The lowest BCUT2D eigenvalue weighted by Gasteiger charge is -2.42. The highest BCUT2D eigenvalue weighted by Crippen LogP contribution is 2.28. The van der Waals surface area contributed by atoms with Crippen LogP contribution in [0.2, 0.25) is 0 Å². The van der Waals surface area contributed by atoms with Gasteiger partial charge in [-0.25, -0.2) is 4.98 Å². The summed E-state index contributed by atoms with van der Waals surface area (Å²) in [6, 6.07) is 0.324. The van der Waals surface area contributed by atoms with E-state index in [0.29, 0.717) is 6.04 Å². The van der Waals surface area contributed by atoms with Gasteiger partial charge in [0.25, 0.3) is 0 Å². The summed E-state index contributed by atoms with van der Waals surface area (Å²) in [5, 5.41) is 0. The van der Waals surface area contributed by atoms with Gasteiger partial charge in [-0.2, -0.15) is 0 Å². The zero-order valence-corrected chi connectivity index (χ0v) is 11.7. The van der Waals surface area contributed by atoms with Crippen molar-refractivity contribution in [3.63, 3.8) is 0 Å². The number of hydrogen-bond acceptors (Lipinski definition) is 3. The molecule has 0 spiro atoms. The molecule has 5 heteroatoms. The van der Waals surface area contributed by atoms with Crippen molar-refractivity contribution >= 4 is 12.4 Å². The highest BCUT2D eigenvalue weighted by molar-refractivity contribution is 5.85. The lowest BCUT2D eigenvalue weighted by atomic mass is 9.80. The summed E-state index contributed by atoms with van der Waals surface area (Å²) in [4.78, 5) is 6.82. The first-order valence-corrected chi connectivity index (χ1v) is 5.93. The van der Waals surface area contributed by atoms with Crippen molar-refractivity contribution in [2.45, 2.75) is 32.9 Å². The normalized spacial score (nSPS) is 24.4. The number of rotatable bonds is 2. The van der Waals surface area contributed by atoms with Gasteiger partial charge < -0.3 is 10.3 Å². The zero-order chi connectivity index (χ0) is 11.8. The molecule has 1 aliphatic heterocycles. The Labute approximate surface area is 110 Å². The van der Waals surface area contributed by atoms with Crippen LogP contribution in [0.1, 0.15) is 26.1 Å². The SMILES string of the molecule is Cl.Cn1ccnc1CN1CCC(N)C(C)(C)C1. The predicted molar refractivity (Wildman–Crippen MR) is 72.1 cm³/mol. The number of imidazole rings is 1. The summed E-state index contributed by atoms with van der Waals surface area (Å²) < 4.78 is 2.08. The molecule has 0 radical (unpaired) electrons. The van der Waals surface area contributed by atoms with E-state index >= 15 is 0 Å². The molecule has 1 saturated heterocycles. The van der Waals surface area contributed by atoms with Gasteiger partial charge in [0.15, 0.2) is 0 Å². The van der Waals surface area contributed by atoms with Crippen LogP contribution in [-0.2, 0) is 13.6 Å². The molecule has 0 saturated carbocycles. The second kappa shape index (κ2) is 5.38. The number of nitrogens with two attached hydrogens (primary N) is 1. The minimum absolute atomic E-state index is 0. The minimum atomic E-state index is 0. The number of halogens is 1. The maximum Gasteiger partial charge on any atom is 0.122 e. The first-order chi connectivity index (χ1) is 7.49. The van der Waals surface area contributed by atoms with E-state index in [1.54, 1.807) is 0 Å². The third-order valence-corrected chi connectivity index (χ3v) is 3.68. The third kappa shape index (κ3) is 3.21. The highest BCUT2D eigenvalue weighted by Gasteiger charge is 2.33. The molecule has 2 N–H and O–H groups in total. The number of hydrogen-bond donors (Lipinski definition) is 1. The summed E-state index contributed by atoms with van der Waals surface area (Å²) in [5.41, 5.74) is 6.34. The third-order valence-electron chi connectivity index (χ3n) is 3.68. The lowest BCUT2D eigenvalue weighted by Crippen LogP contribution is -2.52. The summed E-state index contributed by atoms with van der Waals surface area (Å²) in [5.74, 6) is 1.13. The van der Waals surface area contributed by atoms with Crippen LogP contribution in [0.5, 0.6) is 0 Å². The van der Waals surface area contributed by atoms with E-state index in [1.165, 1.54) is 0 Å². The molecular weight excluding hydrogens is 236 g/mol. The molecule has 4 nitrogen and oxygen atoms in total. The van der Waals surface area contributed by atoms with Crippen molar-refractivity contribution in [2.24, 2.45) is 18.2 Å². The van der Waals surface area contributed by atoms with Crippen LogP contribution < -0.4 is 5.73 Å². The molecule has 1 aromatic rings. The number of aromatic nitrogens is 2. The van der Waals surface area contributed by atoms with Gasteiger partial charge in [-0.15, -0.1) is 12.4 Å². The molecule has 2 heterocycles. The number of likely N-dealkylation sites (tertiary alicyclic amines) is 1. The van der Waals surface area contributed by atoms with E-state index in [0.717, 1.165) is 31.9 Å². The summed E-state index contributed by atoms with van der Waals surface area (Å²) in [6.45, 7) is 7.57. The fourth-order valence-electron chi connectivity index (χ4n) is 2.37. The van der Waals surface area contributed by atoms with Crippen LogP contribution in [0.3, 0.4) is 0 Å². The van der Waals surface area contributed by atoms with Crippen molar-refractivity contribution in [3.05, 3.63) is 18.2 Å². The zero-order valence-electron chi connectivity index (χ0n) is 10.9. The lowest BCUT2D eigenvalue weighted by molar-refractivity contribution is 0.0872. The molecular formula is C12H23ClN4. The second-order valence-electron chi connectivity index (χ2n) is 5.55. The van der Waals surface area contributed by atoms with Crippen LogP contribution >= 0.6 is 12.4 Å². The fourth-order valence-corrected chi connectivity index (χ4v) is 2.37. The van der Waals surface area contributed by atoms with Crippen LogP contribution in [0.4, 0.5) is 0 Å². The van der Waals surface area contributed by atoms with E-state index in [9.17, 15) is 0 Å². The van der Waals surface area contributed by atoms with Gasteiger partial charge in [-0.05, 0) is 11.8 Å². The van der Waals surface area contributed by atoms with Crippen molar-refractivity contribution in [1.29, 1.82) is 0 Å². The molecule has 1 fully saturated rings. The van der Waals surface area contributed by atoms with E-state index < -0.39 is 0 Å². The number of nitrogens with zero attached hydrogens (tertiary/aromatic N) is 3. The van der Waals surface area contributed by atoms with E-state index in [4.69, 9.17) is 5.73 Å². The summed E-state index contributed by atoms with van der Waals surface area (Å²) in [6.07, 6.45) is 4.93. The van der Waals surface area contributed by atoms with Gasteiger partial charge in [0.05, 0.1) is 6.54 Å². The van der Waals surface area contributed by atoms with Gasteiger partial charge in [-0.1, -0.05) is 13.8 Å². The number of aryl methyl sites for hydroxylation is 1. The Morgan fingerprint density at radius 2 is 2.24 bits per heavy atom. The molecule has 0 bridgehead atoms.